The van der Waals surface area contributed by atoms with Gasteiger partial charge in [-0.1, -0.05) is 36.4 Å². The number of fused-ring (bicyclic) bond motifs is 2. The van der Waals surface area contributed by atoms with Crippen molar-refractivity contribution in [1.82, 2.24) is 0 Å². The van der Waals surface area contributed by atoms with Gasteiger partial charge in [0.05, 0.1) is 10.6 Å². The van der Waals surface area contributed by atoms with Gasteiger partial charge in [-0.15, -0.1) is 0 Å². The Labute approximate surface area is 198 Å². The van der Waals surface area contributed by atoms with Gasteiger partial charge >= 0.3 is 0 Å². The van der Waals surface area contributed by atoms with Gasteiger partial charge in [0.25, 0.3) is 10.0 Å². The molecule has 0 aliphatic carbocycles. The summed E-state index contributed by atoms with van der Waals surface area (Å²) in [5.74, 6) is -0.254. The first-order valence-electron chi connectivity index (χ1n) is 11.0. The van der Waals surface area contributed by atoms with Gasteiger partial charge in [-0.3, -0.25) is 9.71 Å². The molecule has 172 valence electrons. The predicted molar refractivity (Wildman–Crippen MR) is 136 cm³/mol. The molecule has 0 bridgehead atoms. The van der Waals surface area contributed by atoms with Crippen molar-refractivity contribution in [2.75, 3.05) is 30.3 Å². The SMILES string of the molecule is CN(C)c1cccc2c(S(=O)(=O)Nc3ccc(C4=NCCc5cc(F)ccc54)cc3)cccc12. The third-order valence-electron chi connectivity index (χ3n) is 6.01. The van der Waals surface area contributed by atoms with Crippen LogP contribution in [0.2, 0.25) is 0 Å². The number of hydrogen-bond donors (Lipinski definition) is 1. The first-order chi connectivity index (χ1) is 16.3. The van der Waals surface area contributed by atoms with E-state index in [0.29, 0.717) is 24.0 Å². The summed E-state index contributed by atoms with van der Waals surface area (Å²) in [6.07, 6.45) is 0.703. The Morgan fingerprint density at radius 1 is 0.912 bits per heavy atom. The lowest BCUT2D eigenvalue weighted by Gasteiger charge is -2.18. The normalized spacial score (nSPS) is 13.3. The standard InChI is InChI=1S/C27H24FN3O2S/c1-31(2)25-7-3-6-24-23(25)5-4-8-26(24)34(32,33)30-21-12-9-18(10-13-21)27-22-14-11-20(28)17-19(22)15-16-29-27/h3-14,17,30H,15-16H2,1-2H3. The van der Waals surface area contributed by atoms with Crippen molar-refractivity contribution >= 4 is 37.9 Å². The van der Waals surface area contributed by atoms with Gasteiger partial charge in [-0.25, -0.2) is 12.8 Å². The Morgan fingerprint density at radius 3 is 2.41 bits per heavy atom. The Morgan fingerprint density at radius 2 is 1.65 bits per heavy atom. The second-order valence-corrected chi connectivity index (χ2v) is 10.1. The lowest BCUT2D eigenvalue weighted by molar-refractivity contribution is 0.602. The van der Waals surface area contributed by atoms with Crippen LogP contribution in [0.1, 0.15) is 16.7 Å². The molecule has 4 aromatic carbocycles. The van der Waals surface area contributed by atoms with Gasteiger partial charge in [-0.05, 0) is 54.4 Å². The van der Waals surface area contributed by atoms with Crippen molar-refractivity contribution in [2.24, 2.45) is 4.99 Å². The van der Waals surface area contributed by atoms with Crippen molar-refractivity contribution in [3.05, 3.63) is 101 Å². The van der Waals surface area contributed by atoms with Crippen LogP contribution in [0.5, 0.6) is 0 Å². The fourth-order valence-electron chi connectivity index (χ4n) is 4.42. The summed E-state index contributed by atoms with van der Waals surface area (Å²) in [7, 11) is 0.0497. The largest absolute Gasteiger partial charge is 0.377 e. The smallest absolute Gasteiger partial charge is 0.262 e. The zero-order chi connectivity index (χ0) is 23.9. The maximum atomic E-state index is 13.6. The van der Waals surface area contributed by atoms with Crippen LogP contribution in [0, 0.1) is 5.82 Å². The van der Waals surface area contributed by atoms with Crippen LogP contribution < -0.4 is 9.62 Å². The lowest BCUT2D eigenvalue weighted by Crippen LogP contribution is -2.16. The van der Waals surface area contributed by atoms with E-state index in [1.165, 1.54) is 6.07 Å². The molecule has 0 aromatic heterocycles. The zero-order valence-corrected chi connectivity index (χ0v) is 19.7. The average molecular weight is 474 g/mol. The van der Waals surface area contributed by atoms with Crippen LogP contribution in [-0.4, -0.2) is 34.8 Å². The fourth-order valence-corrected chi connectivity index (χ4v) is 5.70. The zero-order valence-electron chi connectivity index (χ0n) is 18.9. The van der Waals surface area contributed by atoms with E-state index in [4.69, 9.17) is 0 Å². The topological polar surface area (TPSA) is 61.8 Å². The van der Waals surface area contributed by atoms with Crippen molar-refractivity contribution in [2.45, 2.75) is 11.3 Å². The van der Waals surface area contributed by atoms with Crippen molar-refractivity contribution in [1.29, 1.82) is 0 Å². The number of nitrogens with zero attached hydrogens (tertiary/aromatic N) is 2. The Kier molecular flexibility index (Phi) is 5.57. The first-order valence-corrected chi connectivity index (χ1v) is 12.5. The number of anilines is 2. The minimum atomic E-state index is -3.81. The molecule has 1 aliphatic heterocycles. The Hall–Kier alpha value is -3.71. The lowest BCUT2D eigenvalue weighted by atomic mass is 9.93. The van der Waals surface area contributed by atoms with Crippen LogP contribution in [0.25, 0.3) is 10.8 Å². The average Bonchev–Trinajstić information content (AvgIpc) is 2.83. The maximum Gasteiger partial charge on any atom is 0.262 e. The molecular formula is C27H24FN3O2S. The first kappa shape index (κ1) is 22.1. The van der Waals surface area contributed by atoms with Crippen molar-refractivity contribution < 1.29 is 12.8 Å². The molecule has 1 aliphatic rings. The van der Waals surface area contributed by atoms with Gasteiger partial charge in [0, 0.05) is 53.9 Å². The Bertz CT molecular complexity index is 1530. The molecule has 0 amide bonds. The van der Waals surface area contributed by atoms with E-state index in [1.54, 1.807) is 36.4 Å². The van der Waals surface area contributed by atoms with Crippen molar-refractivity contribution in [3.63, 3.8) is 0 Å². The van der Waals surface area contributed by atoms with E-state index in [-0.39, 0.29) is 10.7 Å². The number of rotatable bonds is 5. The van der Waals surface area contributed by atoms with Crippen LogP contribution >= 0.6 is 0 Å². The highest BCUT2D eigenvalue weighted by Gasteiger charge is 2.20. The number of sulfonamides is 1. The summed E-state index contributed by atoms with van der Waals surface area (Å²) in [6, 6.07) is 22.8. The highest BCUT2D eigenvalue weighted by Crippen LogP contribution is 2.31. The number of aliphatic imine (C=N–C) groups is 1. The second kappa shape index (κ2) is 8.57. The molecule has 4 aromatic rings. The van der Waals surface area contributed by atoms with Crippen LogP contribution in [0.15, 0.2) is 88.8 Å². The van der Waals surface area contributed by atoms with Gasteiger partial charge in [0.1, 0.15) is 5.82 Å². The van der Waals surface area contributed by atoms with Gasteiger partial charge < -0.3 is 4.90 Å². The highest BCUT2D eigenvalue weighted by atomic mass is 32.2. The van der Waals surface area contributed by atoms with Crippen LogP contribution in [-0.2, 0) is 16.4 Å². The minimum Gasteiger partial charge on any atom is -0.377 e. The fraction of sp³-hybridized carbons (Fsp3) is 0.148. The van der Waals surface area contributed by atoms with Crippen molar-refractivity contribution in [3.8, 4) is 0 Å². The van der Waals surface area contributed by atoms with Crippen LogP contribution in [0.3, 0.4) is 0 Å². The molecule has 0 radical (unpaired) electrons. The van der Waals surface area contributed by atoms with E-state index < -0.39 is 10.0 Å². The van der Waals surface area contributed by atoms with E-state index in [9.17, 15) is 12.8 Å². The van der Waals surface area contributed by atoms with E-state index in [2.05, 4.69) is 9.71 Å². The molecule has 34 heavy (non-hydrogen) atoms. The van der Waals surface area contributed by atoms with Crippen LogP contribution in [0.4, 0.5) is 15.8 Å². The quantitative estimate of drug-likeness (QED) is 0.431. The summed E-state index contributed by atoms with van der Waals surface area (Å²) in [4.78, 5) is 6.82. The van der Waals surface area contributed by atoms with Gasteiger partial charge in [0.2, 0.25) is 0 Å². The number of benzene rings is 4. The van der Waals surface area contributed by atoms with E-state index in [1.807, 2.05) is 55.4 Å². The number of nitrogens with one attached hydrogen (secondary N) is 1. The third-order valence-corrected chi connectivity index (χ3v) is 7.45. The molecule has 5 nitrogen and oxygen atoms in total. The molecule has 5 rings (SSSR count). The monoisotopic (exact) mass is 473 g/mol. The number of hydrogen-bond acceptors (Lipinski definition) is 4. The summed E-state index contributed by atoms with van der Waals surface area (Å²) in [5.41, 5.74) is 4.90. The molecule has 0 atom stereocenters. The molecule has 7 heteroatoms. The van der Waals surface area contributed by atoms with Gasteiger partial charge in [-0.2, -0.15) is 0 Å². The molecule has 1 N–H and O–H groups in total. The summed E-state index contributed by atoms with van der Waals surface area (Å²) in [6.45, 7) is 0.593. The Balaban J connectivity index is 1.45. The maximum absolute atomic E-state index is 13.6. The minimum absolute atomic E-state index is 0.227. The summed E-state index contributed by atoms with van der Waals surface area (Å²) in [5, 5.41) is 1.54. The second-order valence-electron chi connectivity index (χ2n) is 8.49. The molecule has 0 saturated heterocycles. The number of halogens is 1. The molecule has 0 fully saturated rings. The molecule has 0 spiro atoms. The summed E-state index contributed by atoms with van der Waals surface area (Å²) >= 11 is 0. The van der Waals surface area contributed by atoms with E-state index >= 15 is 0 Å². The molecule has 0 saturated carbocycles. The summed E-state index contributed by atoms with van der Waals surface area (Å²) < 4.78 is 42.9. The molecule has 0 unspecified atom stereocenters. The van der Waals surface area contributed by atoms with E-state index in [0.717, 1.165) is 33.5 Å². The third kappa shape index (κ3) is 4.03. The molecule has 1 heterocycles. The highest BCUT2D eigenvalue weighted by molar-refractivity contribution is 7.93. The van der Waals surface area contributed by atoms with Gasteiger partial charge in [0.15, 0.2) is 0 Å². The molecular weight excluding hydrogens is 449 g/mol. The predicted octanol–water partition coefficient (Wildman–Crippen LogP) is 5.24.